The summed E-state index contributed by atoms with van der Waals surface area (Å²) >= 11 is 1.52. The third-order valence-corrected chi connectivity index (χ3v) is 2.71. The Morgan fingerprint density at radius 2 is 2.33 bits per heavy atom. The van der Waals surface area contributed by atoms with Gasteiger partial charge in [0.15, 0.2) is 5.78 Å². The highest BCUT2D eigenvalue weighted by molar-refractivity contribution is 7.16. The number of thiophene rings is 1. The lowest BCUT2D eigenvalue weighted by Gasteiger charge is -1.88. The van der Waals surface area contributed by atoms with Crippen LogP contribution in [-0.2, 0) is 6.42 Å². The molecule has 0 aliphatic carbocycles. The molecule has 0 bridgehead atoms. The van der Waals surface area contributed by atoms with Crippen LogP contribution in [-0.4, -0.2) is 5.78 Å². The predicted octanol–water partition coefficient (Wildman–Crippen LogP) is 2.49. The van der Waals surface area contributed by atoms with Crippen LogP contribution in [0.5, 0.6) is 0 Å². The van der Waals surface area contributed by atoms with Crippen molar-refractivity contribution in [2.75, 3.05) is 5.73 Å². The lowest BCUT2D eigenvalue weighted by molar-refractivity contribution is 0.101. The van der Waals surface area contributed by atoms with E-state index in [0.29, 0.717) is 10.6 Å². The van der Waals surface area contributed by atoms with E-state index in [-0.39, 0.29) is 5.78 Å². The van der Waals surface area contributed by atoms with Crippen LogP contribution in [0.3, 0.4) is 0 Å². The second kappa shape index (κ2) is 3.72. The van der Waals surface area contributed by atoms with Crippen molar-refractivity contribution in [2.45, 2.75) is 26.7 Å². The quantitative estimate of drug-likeness (QED) is 0.731. The number of rotatable bonds is 3. The SMILES string of the molecule is CCCc1cc(C(C)=O)c(N)s1. The average Bonchev–Trinajstić information content (AvgIpc) is 2.32. The molecule has 0 saturated heterocycles. The summed E-state index contributed by atoms with van der Waals surface area (Å²) in [5.41, 5.74) is 6.35. The first kappa shape index (κ1) is 9.26. The van der Waals surface area contributed by atoms with E-state index in [2.05, 4.69) is 6.92 Å². The normalized spacial score (nSPS) is 10.2. The minimum atomic E-state index is 0.0612. The summed E-state index contributed by atoms with van der Waals surface area (Å²) in [5.74, 6) is 0.0612. The van der Waals surface area contributed by atoms with Gasteiger partial charge in [0, 0.05) is 4.88 Å². The third-order valence-electron chi connectivity index (χ3n) is 1.69. The van der Waals surface area contributed by atoms with Gasteiger partial charge in [-0.3, -0.25) is 4.79 Å². The molecule has 1 aromatic heterocycles. The Morgan fingerprint density at radius 3 is 2.75 bits per heavy atom. The van der Waals surface area contributed by atoms with Gasteiger partial charge in [0.2, 0.25) is 0 Å². The van der Waals surface area contributed by atoms with E-state index in [9.17, 15) is 4.79 Å². The van der Waals surface area contributed by atoms with Crippen LogP contribution in [0, 0.1) is 0 Å². The maximum Gasteiger partial charge on any atom is 0.162 e. The van der Waals surface area contributed by atoms with Crippen LogP contribution in [0.15, 0.2) is 6.07 Å². The summed E-state index contributed by atoms with van der Waals surface area (Å²) in [7, 11) is 0. The standard InChI is InChI=1S/C9H13NOS/c1-3-4-7-5-8(6(2)11)9(10)12-7/h5H,3-4,10H2,1-2H3. The van der Waals surface area contributed by atoms with Gasteiger partial charge in [-0.25, -0.2) is 0 Å². The molecular formula is C9H13NOS. The number of carbonyl (C=O) groups excluding carboxylic acids is 1. The predicted molar refractivity (Wildman–Crippen MR) is 52.7 cm³/mol. The molecule has 0 amide bonds. The average molecular weight is 183 g/mol. The van der Waals surface area contributed by atoms with E-state index in [1.165, 1.54) is 16.2 Å². The Kier molecular flexibility index (Phi) is 2.87. The number of ketones is 1. The number of nitrogens with two attached hydrogens (primary N) is 1. The van der Waals surface area contributed by atoms with E-state index in [1.807, 2.05) is 6.07 Å². The second-order valence-corrected chi connectivity index (χ2v) is 3.97. The molecule has 0 aromatic carbocycles. The highest BCUT2D eigenvalue weighted by atomic mass is 32.1. The van der Waals surface area contributed by atoms with Crippen molar-refractivity contribution < 1.29 is 4.79 Å². The molecule has 0 spiro atoms. The monoisotopic (exact) mass is 183 g/mol. The third kappa shape index (κ3) is 1.85. The molecule has 66 valence electrons. The molecule has 12 heavy (non-hydrogen) atoms. The Hall–Kier alpha value is -0.830. The maximum atomic E-state index is 11.0. The minimum absolute atomic E-state index is 0.0612. The van der Waals surface area contributed by atoms with Gasteiger partial charge in [-0.1, -0.05) is 13.3 Å². The van der Waals surface area contributed by atoms with E-state index in [4.69, 9.17) is 5.73 Å². The lowest BCUT2D eigenvalue weighted by atomic mass is 10.2. The van der Waals surface area contributed by atoms with Gasteiger partial charge in [-0.05, 0) is 19.4 Å². The summed E-state index contributed by atoms with van der Waals surface area (Å²) < 4.78 is 0. The lowest BCUT2D eigenvalue weighted by Crippen LogP contribution is -1.93. The van der Waals surface area contributed by atoms with E-state index in [1.54, 1.807) is 6.92 Å². The Bertz CT molecular complexity index is 291. The van der Waals surface area contributed by atoms with Crippen molar-refractivity contribution in [2.24, 2.45) is 0 Å². The fourth-order valence-electron chi connectivity index (χ4n) is 1.10. The maximum absolute atomic E-state index is 11.0. The zero-order valence-corrected chi connectivity index (χ0v) is 8.20. The first-order chi connectivity index (χ1) is 5.65. The number of aryl methyl sites for hydroxylation is 1. The van der Waals surface area contributed by atoms with E-state index in [0.717, 1.165) is 12.8 Å². The Morgan fingerprint density at radius 1 is 1.67 bits per heavy atom. The highest BCUT2D eigenvalue weighted by Crippen LogP contribution is 2.26. The van der Waals surface area contributed by atoms with Gasteiger partial charge < -0.3 is 5.73 Å². The van der Waals surface area contributed by atoms with Crippen molar-refractivity contribution >= 4 is 22.1 Å². The molecule has 1 aromatic rings. The topological polar surface area (TPSA) is 43.1 Å². The number of hydrogen-bond donors (Lipinski definition) is 1. The van der Waals surface area contributed by atoms with Crippen LogP contribution >= 0.6 is 11.3 Å². The Balaban J connectivity index is 2.92. The van der Waals surface area contributed by atoms with E-state index >= 15 is 0 Å². The number of hydrogen-bond acceptors (Lipinski definition) is 3. The van der Waals surface area contributed by atoms with Crippen molar-refractivity contribution in [1.29, 1.82) is 0 Å². The van der Waals surface area contributed by atoms with Gasteiger partial charge in [-0.15, -0.1) is 11.3 Å². The fourth-order valence-corrected chi connectivity index (χ4v) is 2.18. The van der Waals surface area contributed by atoms with Crippen LogP contribution in [0.2, 0.25) is 0 Å². The van der Waals surface area contributed by atoms with Gasteiger partial charge in [0.05, 0.1) is 10.6 Å². The van der Waals surface area contributed by atoms with Crippen LogP contribution in [0.25, 0.3) is 0 Å². The molecule has 0 atom stereocenters. The molecular weight excluding hydrogens is 170 g/mol. The number of Topliss-reactive ketones (excluding diaryl/α,β-unsaturated/α-hetero) is 1. The largest absolute Gasteiger partial charge is 0.390 e. The minimum Gasteiger partial charge on any atom is -0.390 e. The first-order valence-electron chi connectivity index (χ1n) is 4.04. The van der Waals surface area contributed by atoms with Gasteiger partial charge in [0.1, 0.15) is 0 Å². The summed E-state index contributed by atoms with van der Waals surface area (Å²) in [4.78, 5) is 12.2. The van der Waals surface area contributed by atoms with Gasteiger partial charge >= 0.3 is 0 Å². The van der Waals surface area contributed by atoms with Gasteiger partial charge in [-0.2, -0.15) is 0 Å². The van der Waals surface area contributed by atoms with E-state index < -0.39 is 0 Å². The fraction of sp³-hybridized carbons (Fsp3) is 0.444. The molecule has 1 heterocycles. The zero-order chi connectivity index (χ0) is 9.14. The Labute approximate surface area is 76.4 Å². The summed E-state index contributed by atoms with van der Waals surface area (Å²) in [6.07, 6.45) is 2.11. The highest BCUT2D eigenvalue weighted by Gasteiger charge is 2.08. The molecule has 0 saturated carbocycles. The molecule has 3 heteroatoms. The van der Waals surface area contributed by atoms with Crippen LogP contribution in [0.4, 0.5) is 5.00 Å². The molecule has 2 N–H and O–H groups in total. The van der Waals surface area contributed by atoms with Crippen molar-refractivity contribution in [3.8, 4) is 0 Å². The molecule has 0 unspecified atom stereocenters. The first-order valence-corrected chi connectivity index (χ1v) is 4.86. The van der Waals surface area contributed by atoms with Crippen molar-refractivity contribution in [1.82, 2.24) is 0 Å². The van der Waals surface area contributed by atoms with Crippen molar-refractivity contribution in [3.05, 3.63) is 16.5 Å². The summed E-state index contributed by atoms with van der Waals surface area (Å²) in [6, 6.07) is 1.91. The summed E-state index contributed by atoms with van der Waals surface area (Å²) in [6.45, 7) is 3.66. The molecule has 0 aliphatic heterocycles. The number of nitrogen functional groups attached to an aromatic ring is 1. The smallest absolute Gasteiger partial charge is 0.162 e. The molecule has 0 aliphatic rings. The zero-order valence-electron chi connectivity index (χ0n) is 7.39. The second-order valence-electron chi connectivity index (χ2n) is 2.80. The van der Waals surface area contributed by atoms with Crippen LogP contribution in [0.1, 0.15) is 35.5 Å². The molecule has 1 rings (SSSR count). The number of carbonyl (C=O) groups is 1. The molecule has 2 nitrogen and oxygen atoms in total. The summed E-state index contributed by atoms with van der Waals surface area (Å²) in [5, 5.41) is 0.658. The molecule has 0 radical (unpaired) electrons. The van der Waals surface area contributed by atoms with Crippen molar-refractivity contribution in [3.63, 3.8) is 0 Å². The molecule has 0 fully saturated rings. The van der Waals surface area contributed by atoms with Crippen LogP contribution < -0.4 is 5.73 Å². The van der Waals surface area contributed by atoms with Gasteiger partial charge in [0.25, 0.3) is 0 Å². The number of anilines is 1.